The fourth-order valence-electron chi connectivity index (χ4n) is 8.58. The molecule has 290 valence electrons. The van der Waals surface area contributed by atoms with E-state index in [0.717, 1.165) is 100 Å². The second-order valence-corrected chi connectivity index (χ2v) is 15.6. The van der Waals surface area contributed by atoms with Crippen molar-refractivity contribution in [2.75, 3.05) is 0 Å². The van der Waals surface area contributed by atoms with Gasteiger partial charge in [-0.1, -0.05) is 200 Å². The van der Waals surface area contributed by atoms with Crippen molar-refractivity contribution in [1.29, 1.82) is 0 Å². The highest BCUT2D eigenvalue weighted by Crippen LogP contribution is 2.42. The molecule has 3 heteroatoms. The molecule has 2 heterocycles. The lowest BCUT2D eigenvalue weighted by atomic mass is 9.90. The van der Waals surface area contributed by atoms with Crippen LogP contribution < -0.4 is 0 Å². The first-order valence-corrected chi connectivity index (χ1v) is 21.0. The Kier molecular flexibility index (Phi) is 9.53. The number of pyridine rings is 1. The third-order valence-corrected chi connectivity index (χ3v) is 11.6. The standard InChI is InChI=1S/C59H39N3/c1-5-18-40(19-6-1)44-27-15-30-48(34-44)55-39-56(49-31-16-28-45(35-49)41-20-7-2-8-21-41)62-59(61-55)50-32-17-29-46(36-50)53-37-47-26-13-14-33-51(47)57-52(42-22-9-3-10-23-42)38-54(60-58(53)57)43-24-11-4-12-25-43/h1-39H. The quantitative estimate of drug-likeness (QED) is 0.144. The van der Waals surface area contributed by atoms with Gasteiger partial charge in [-0.05, 0) is 86.1 Å². The zero-order valence-corrected chi connectivity index (χ0v) is 33.9. The fraction of sp³-hybridized carbons (Fsp3) is 0. The van der Waals surface area contributed by atoms with Gasteiger partial charge in [-0.15, -0.1) is 0 Å². The summed E-state index contributed by atoms with van der Waals surface area (Å²) in [5, 5.41) is 3.46. The summed E-state index contributed by atoms with van der Waals surface area (Å²) >= 11 is 0. The van der Waals surface area contributed by atoms with Crippen molar-refractivity contribution < 1.29 is 0 Å². The molecule has 0 atom stereocenters. The van der Waals surface area contributed by atoms with E-state index in [1.54, 1.807) is 0 Å². The van der Waals surface area contributed by atoms with Gasteiger partial charge in [0.25, 0.3) is 0 Å². The molecule has 0 unspecified atom stereocenters. The van der Waals surface area contributed by atoms with Crippen molar-refractivity contribution in [2.24, 2.45) is 0 Å². The number of rotatable bonds is 8. The number of benzene rings is 9. The van der Waals surface area contributed by atoms with Crippen LogP contribution in [0.15, 0.2) is 237 Å². The van der Waals surface area contributed by atoms with Crippen LogP contribution in [0, 0.1) is 0 Å². The molecule has 0 radical (unpaired) electrons. The summed E-state index contributed by atoms with van der Waals surface area (Å²) in [6.45, 7) is 0. The largest absolute Gasteiger partial charge is 0.247 e. The van der Waals surface area contributed by atoms with E-state index in [0.29, 0.717) is 5.82 Å². The summed E-state index contributed by atoms with van der Waals surface area (Å²) in [6, 6.07) is 83.4. The van der Waals surface area contributed by atoms with E-state index < -0.39 is 0 Å². The summed E-state index contributed by atoms with van der Waals surface area (Å²) in [6.07, 6.45) is 0. The third kappa shape index (κ3) is 7.12. The lowest BCUT2D eigenvalue weighted by Gasteiger charge is -2.17. The van der Waals surface area contributed by atoms with Crippen LogP contribution in [0.1, 0.15) is 0 Å². The second kappa shape index (κ2) is 16.1. The highest BCUT2D eigenvalue weighted by Gasteiger charge is 2.19. The summed E-state index contributed by atoms with van der Waals surface area (Å²) in [7, 11) is 0. The van der Waals surface area contributed by atoms with Gasteiger partial charge >= 0.3 is 0 Å². The molecule has 0 spiro atoms. The molecular formula is C59H39N3. The molecular weight excluding hydrogens is 751 g/mol. The molecule has 0 N–H and O–H groups in total. The van der Waals surface area contributed by atoms with Gasteiger partial charge in [-0.25, -0.2) is 15.0 Å². The summed E-state index contributed by atoms with van der Waals surface area (Å²) in [4.78, 5) is 16.2. The second-order valence-electron chi connectivity index (χ2n) is 15.6. The first-order valence-electron chi connectivity index (χ1n) is 21.0. The first-order chi connectivity index (χ1) is 30.7. The van der Waals surface area contributed by atoms with Crippen molar-refractivity contribution >= 4 is 21.7 Å². The average molecular weight is 790 g/mol. The number of aromatic nitrogens is 3. The minimum Gasteiger partial charge on any atom is -0.247 e. The van der Waals surface area contributed by atoms with E-state index in [9.17, 15) is 0 Å². The zero-order valence-electron chi connectivity index (χ0n) is 33.9. The van der Waals surface area contributed by atoms with Crippen LogP contribution >= 0.6 is 0 Å². The maximum atomic E-state index is 5.50. The topological polar surface area (TPSA) is 38.7 Å². The molecule has 0 fully saturated rings. The van der Waals surface area contributed by atoms with Crippen LogP contribution in [0.4, 0.5) is 0 Å². The van der Waals surface area contributed by atoms with E-state index in [2.05, 4.69) is 237 Å². The van der Waals surface area contributed by atoms with Gasteiger partial charge in [0.2, 0.25) is 0 Å². The molecule has 0 saturated heterocycles. The molecule has 3 nitrogen and oxygen atoms in total. The lowest BCUT2D eigenvalue weighted by Crippen LogP contribution is -1.97. The van der Waals surface area contributed by atoms with Gasteiger partial charge < -0.3 is 0 Å². The fourth-order valence-corrected chi connectivity index (χ4v) is 8.58. The van der Waals surface area contributed by atoms with Gasteiger partial charge in [-0.2, -0.15) is 0 Å². The third-order valence-electron chi connectivity index (χ3n) is 11.6. The van der Waals surface area contributed by atoms with Crippen LogP contribution in [0.25, 0.3) is 111 Å². The monoisotopic (exact) mass is 789 g/mol. The number of fused-ring (bicyclic) bond motifs is 3. The predicted molar refractivity (Wildman–Crippen MR) is 258 cm³/mol. The molecule has 0 aliphatic rings. The van der Waals surface area contributed by atoms with Crippen molar-refractivity contribution in [2.45, 2.75) is 0 Å². The molecule has 2 aromatic heterocycles. The van der Waals surface area contributed by atoms with Crippen molar-refractivity contribution in [3.8, 4) is 89.7 Å². The van der Waals surface area contributed by atoms with E-state index >= 15 is 0 Å². The lowest BCUT2D eigenvalue weighted by molar-refractivity contribution is 1.18. The zero-order chi connectivity index (χ0) is 41.2. The van der Waals surface area contributed by atoms with Crippen molar-refractivity contribution in [3.63, 3.8) is 0 Å². The van der Waals surface area contributed by atoms with Crippen molar-refractivity contribution in [3.05, 3.63) is 237 Å². The van der Waals surface area contributed by atoms with Gasteiger partial charge in [-0.3, -0.25) is 0 Å². The normalized spacial score (nSPS) is 11.2. The van der Waals surface area contributed by atoms with Crippen LogP contribution in [-0.2, 0) is 0 Å². The maximum Gasteiger partial charge on any atom is 0.160 e. The molecule has 0 saturated carbocycles. The molecule has 11 aromatic rings. The van der Waals surface area contributed by atoms with E-state index in [-0.39, 0.29) is 0 Å². The molecule has 9 aromatic carbocycles. The van der Waals surface area contributed by atoms with Gasteiger partial charge in [0, 0.05) is 33.2 Å². The SMILES string of the molecule is c1ccc(-c2cccc(-c3cc(-c4cccc(-c5ccccc5)c4)nc(-c4cccc(-c5cc6ccccc6c6c(-c7ccccc7)cc(-c7ccccc7)nc56)c4)n3)c2)cc1. The summed E-state index contributed by atoms with van der Waals surface area (Å²) in [5.41, 5.74) is 16.6. The van der Waals surface area contributed by atoms with Crippen LogP contribution in [0.2, 0.25) is 0 Å². The number of hydrogen-bond acceptors (Lipinski definition) is 3. The van der Waals surface area contributed by atoms with E-state index in [1.807, 2.05) is 0 Å². The van der Waals surface area contributed by atoms with Crippen LogP contribution in [-0.4, -0.2) is 15.0 Å². The van der Waals surface area contributed by atoms with Crippen LogP contribution in [0.5, 0.6) is 0 Å². The van der Waals surface area contributed by atoms with Gasteiger partial charge in [0.15, 0.2) is 5.82 Å². The molecule has 0 aliphatic carbocycles. The Labute approximate surface area is 361 Å². The van der Waals surface area contributed by atoms with Gasteiger partial charge in [0.1, 0.15) is 0 Å². The molecule has 0 amide bonds. The molecule has 0 aliphatic heterocycles. The molecule has 0 bridgehead atoms. The average Bonchev–Trinajstić information content (AvgIpc) is 3.37. The summed E-state index contributed by atoms with van der Waals surface area (Å²) < 4.78 is 0. The van der Waals surface area contributed by atoms with E-state index in [1.165, 1.54) is 5.39 Å². The Morgan fingerprint density at radius 3 is 1.27 bits per heavy atom. The van der Waals surface area contributed by atoms with Crippen molar-refractivity contribution in [1.82, 2.24) is 15.0 Å². The molecule has 11 rings (SSSR count). The minimum atomic E-state index is 0.655. The Bertz CT molecular complexity index is 3280. The van der Waals surface area contributed by atoms with Crippen LogP contribution in [0.3, 0.4) is 0 Å². The predicted octanol–water partition coefficient (Wildman–Crippen LogP) is 15.5. The molecule has 62 heavy (non-hydrogen) atoms. The van der Waals surface area contributed by atoms with Gasteiger partial charge in [0.05, 0.1) is 22.6 Å². The maximum absolute atomic E-state index is 5.50. The van der Waals surface area contributed by atoms with E-state index in [4.69, 9.17) is 15.0 Å². The Morgan fingerprint density at radius 1 is 0.242 bits per heavy atom. The highest BCUT2D eigenvalue weighted by molar-refractivity contribution is 6.18. The first kappa shape index (κ1) is 36.8. The minimum absolute atomic E-state index is 0.655. The Morgan fingerprint density at radius 2 is 0.677 bits per heavy atom. The smallest absolute Gasteiger partial charge is 0.160 e. The summed E-state index contributed by atoms with van der Waals surface area (Å²) in [5.74, 6) is 0.655. The highest BCUT2D eigenvalue weighted by atomic mass is 14.9. The Hall–Kier alpha value is -8.27. The number of hydrogen-bond donors (Lipinski definition) is 0. The number of nitrogens with zero attached hydrogens (tertiary/aromatic N) is 3. The Balaban J connectivity index is 1.12.